The van der Waals surface area contributed by atoms with Crippen molar-refractivity contribution >= 4 is 29.3 Å². The molecular formula is C19H22N4O5S. The van der Waals surface area contributed by atoms with E-state index in [1.807, 2.05) is 29.3 Å². The van der Waals surface area contributed by atoms with E-state index in [9.17, 15) is 9.59 Å². The Labute approximate surface area is 172 Å². The number of nitrogens with zero attached hydrogens (tertiary/aromatic N) is 1. The summed E-state index contributed by atoms with van der Waals surface area (Å²) in [6.45, 7) is 0.527. The Morgan fingerprint density at radius 1 is 1.28 bits per heavy atom. The number of carbonyl (C=O) groups is 2. The number of methoxy groups -OCH3 is 2. The van der Waals surface area contributed by atoms with Crippen LogP contribution in [-0.2, 0) is 15.3 Å². The van der Waals surface area contributed by atoms with Crippen LogP contribution in [0, 0.1) is 5.92 Å². The summed E-state index contributed by atoms with van der Waals surface area (Å²) in [6.07, 6.45) is -0.222. The summed E-state index contributed by atoms with van der Waals surface area (Å²) in [7, 11) is 2.93. The number of rotatable bonds is 6. The summed E-state index contributed by atoms with van der Waals surface area (Å²) in [4.78, 5) is 24.1. The minimum Gasteiger partial charge on any atom is -0.495 e. The van der Waals surface area contributed by atoms with Gasteiger partial charge in [0.25, 0.3) is 0 Å². The number of para-hydroxylation sites is 2. The molecule has 3 atom stereocenters. The van der Waals surface area contributed by atoms with Crippen LogP contribution in [0.15, 0.2) is 40.8 Å². The molecule has 0 saturated carbocycles. The average molecular weight is 418 g/mol. The van der Waals surface area contributed by atoms with Crippen molar-refractivity contribution in [1.29, 1.82) is 0 Å². The first-order valence-electron chi connectivity index (χ1n) is 9.11. The number of esters is 1. The smallest absolute Gasteiger partial charge is 0.373 e. The summed E-state index contributed by atoms with van der Waals surface area (Å²) in [5.74, 6) is 1.22. The van der Waals surface area contributed by atoms with Crippen LogP contribution < -0.4 is 25.8 Å². The van der Waals surface area contributed by atoms with Gasteiger partial charge < -0.3 is 19.2 Å². The van der Waals surface area contributed by atoms with Gasteiger partial charge >= 0.3 is 5.97 Å². The SMILES string of the molecule is COC(=O)c1ccc(CSC2NC(=O)C3CNN(c4ccccc4OC)C3N2)o1. The lowest BCUT2D eigenvalue weighted by atomic mass is 10.0. The highest BCUT2D eigenvalue weighted by atomic mass is 32.2. The Bertz CT molecular complexity index is 904. The molecular weight excluding hydrogens is 396 g/mol. The molecule has 0 aliphatic carbocycles. The Morgan fingerprint density at radius 3 is 2.90 bits per heavy atom. The molecule has 9 nitrogen and oxygen atoms in total. The van der Waals surface area contributed by atoms with Gasteiger partial charge in [-0.25, -0.2) is 10.2 Å². The third-order valence-electron chi connectivity index (χ3n) is 4.86. The standard InChI is InChI=1S/C19H22N4O5S/c1-26-14-6-4-3-5-13(14)23-16-12(9-20-23)17(24)22-19(21-16)29-10-11-7-8-15(28-11)18(25)27-2/h3-8,12,16,19-21H,9-10H2,1-2H3,(H,22,24). The van der Waals surface area contributed by atoms with Crippen LogP contribution in [0.2, 0.25) is 0 Å². The summed E-state index contributed by atoms with van der Waals surface area (Å²) < 4.78 is 15.6. The lowest BCUT2D eigenvalue weighted by Gasteiger charge is -2.37. The minimum atomic E-state index is -0.516. The molecule has 0 bridgehead atoms. The highest BCUT2D eigenvalue weighted by Crippen LogP contribution is 2.33. The van der Waals surface area contributed by atoms with E-state index < -0.39 is 5.97 Å². The van der Waals surface area contributed by atoms with Gasteiger partial charge in [0.15, 0.2) is 0 Å². The predicted octanol–water partition coefficient (Wildman–Crippen LogP) is 1.28. The molecule has 2 saturated heterocycles. The second-order valence-corrected chi connectivity index (χ2v) is 7.67. The molecule has 154 valence electrons. The van der Waals surface area contributed by atoms with E-state index in [-0.39, 0.29) is 29.2 Å². The number of ether oxygens (including phenoxy) is 2. The summed E-state index contributed by atoms with van der Waals surface area (Å²) in [5, 5.41) is 8.39. The van der Waals surface area contributed by atoms with Crippen LogP contribution in [0.3, 0.4) is 0 Å². The topological polar surface area (TPSA) is 105 Å². The Balaban J connectivity index is 1.44. The number of hydrogen-bond acceptors (Lipinski definition) is 9. The number of anilines is 1. The monoisotopic (exact) mass is 418 g/mol. The number of hydrazine groups is 1. The maximum Gasteiger partial charge on any atom is 0.373 e. The van der Waals surface area contributed by atoms with Gasteiger partial charge in [0, 0.05) is 6.54 Å². The molecule has 3 unspecified atom stereocenters. The number of nitrogens with one attached hydrogen (secondary N) is 3. The third-order valence-corrected chi connectivity index (χ3v) is 5.90. The number of carbonyl (C=O) groups excluding carboxylic acids is 2. The van der Waals surface area contributed by atoms with E-state index in [1.165, 1.54) is 18.9 Å². The summed E-state index contributed by atoms with van der Waals surface area (Å²) >= 11 is 1.47. The van der Waals surface area contributed by atoms with E-state index in [4.69, 9.17) is 9.15 Å². The summed E-state index contributed by atoms with van der Waals surface area (Å²) in [5.41, 5.74) is 3.84. The van der Waals surface area contributed by atoms with E-state index in [0.29, 0.717) is 18.1 Å². The van der Waals surface area contributed by atoms with Crippen molar-refractivity contribution in [2.45, 2.75) is 17.4 Å². The van der Waals surface area contributed by atoms with Crippen LogP contribution in [0.4, 0.5) is 5.69 Å². The molecule has 2 aromatic rings. The summed E-state index contributed by atoms with van der Waals surface area (Å²) in [6, 6.07) is 11.0. The second-order valence-electron chi connectivity index (χ2n) is 6.58. The molecule has 29 heavy (non-hydrogen) atoms. The van der Waals surface area contributed by atoms with Gasteiger partial charge in [0.1, 0.15) is 23.2 Å². The zero-order valence-corrected chi connectivity index (χ0v) is 16.8. The van der Waals surface area contributed by atoms with Crippen molar-refractivity contribution in [3.05, 3.63) is 47.9 Å². The molecule has 0 radical (unpaired) electrons. The number of thioether (sulfide) groups is 1. The van der Waals surface area contributed by atoms with Gasteiger partial charge in [-0.2, -0.15) is 0 Å². The Morgan fingerprint density at radius 2 is 2.10 bits per heavy atom. The number of amides is 1. The number of furan rings is 1. The van der Waals surface area contributed by atoms with Crippen LogP contribution in [0.25, 0.3) is 0 Å². The van der Waals surface area contributed by atoms with Gasteiger partial charge in [-0.15, -0.1) is 11.8 Å². The van der Waals surface area contributed by atoms with Crippen LogP contribution in [-0.4, -0.2) is 44.3 Å². The zero-order chi connectivity index (χ0) is 20.4. The quantitative estimate of drug-likeness (QED) is 0.598. The van der Waals surface area contributed by atoms with E-state index >= 15 is 0 Å². The van der Waals surface area contributed by atoms with Crippen LogP contribution in [0.5, 0.6) is 5.75 Å². The van der Waals surface area contributed by atoms with E-state index in [2.05, 4.69) is 20.8 Å². The molecule has 2 aliphatic rings. The number of benzene rings is 1. The highest BCUT2D eigenvalue weighted by Gasteiger charge is 2.44. The maximum atomic E-state index is 12.6. The average Bonchev–Trinajstić information content (AvgIpc) is 3.39. The molecule has 3 N–H and O–H groups in total. The molecule has 4 rings (SSSR count). The first-order valence-corrected chi connectivity index (χ1v) is 10.2. The first-order chi connectivity index (χ1) is 14.1. The van der Waals surface area contributed by atoms with E-state index in [1.54, 1.807) is 19.2 Å². The molecule has 1 aromatic carbocycles. The van der Waals surface area contributed by atoms with Crippen LogP contribution in [0.1, 0.15) is 16.3 Å². The lowest BCUT2D eigenvalue weighted by molar-refractivity contribution is -0.127. The highest BCUT2D eigenvalue weighted by molar-refractivity contribution is 7.99. The minimum absolute atomic E-state index is 0.0224. The fraction of sp³-hybridized carbons (Fsp3) is 0.368. The third kappa shape index (κ3) is 3.91. The molecule has 3 heterocycles. The van der Waals surface area contributed by atoms with Crippen molar-refractivity contribution in [2.24, 2.45) is 5.92 Å². The number of hydrogen-bond donors (Lipinski definition) is 3. The van der Waals surface area contributed by atoms with Crippen molar-refractivity contribution < 1.29 is 23.5 Å². The molecule has 2 fully saturated rings. The largest absolute Gasteiger partial charge is 0.495 e. The molecule has 2 aliphatic heterocycles. The van der Waals surface area contributed by atoms with Crippen molar-refractivity contribution in [3.8, 4) is 5.75 Å². The zero-order valence-electron chi connectivity index (χ0n) is 16.0. The van der Waals surface area contributed by atoms with Gasteiger partial charge in [-0.3, -0.25) is 15.1 Å². The second kappa shape index (κ2) is 8.36. The van der Waals surface area contributed by atoms with Crippen molar-refractivity contribution in [1.82, 2.24) is 16.1 Å². The molecule has 10 heteroatoms. The Kier molecular flexibility index (Phi) is 5.65. The molecule has 1 aromatic heterocycles. The molecule has 0 spiro atoms. The fourth-order valence-corrected chi connectivity index (χ4v) is 4.35. The van der Waals surface area contributed by atoms with Gasteiger partial charge in [-0.05, 0) is 24.3 Å². The van der Waals surface area contributed by atoms with Gasteiger partial charge in [0.05, 0.1) is 31.6 Å². The van der Waals surface area contributed by atoms with Crippen molar-refractivity contribution in [3.63, 3.8) is 0 Å². The Hall–Kier alpha value is -2.69. The molecule has 1 amide bonds. The number of fused-ring (bicyclic) bond motifs is 1. The maximum absolute atomic E-state index is 12.6. The first kappa shape index (κ1) is 19.6. The van der Waals surface area contributed by atoms with Gasteiger partial charge in [-0.1, -0.05) is 12.1 Å². The van der Waals surface area contributed by atoms with Gasteiger partial charge in [0.2, 0.25) is 11.7 Å². The van der Waals surface area contributed by atoms with E-state index in [0.717, 1.165) is 11.4 Å². The predicted molar refractivity (Wildman–Crippen MR) is 107 cm³/mol. The van der Waals surface area contributed by atoms with Crippen molar-refractivity contribution in [2.75, 3.05) is 25.8 Å². The van der Waals surface area contributed by atoms with Crippen LogP contribution >= 0.6 is 11.8 Å². The fourth-order valence-electron chi connectivity index (χ4n) is 3.43. The normalized spacial score (nSPS) is 23.4. The lowest BCUT2D eigenvalue weighted by Crippen LogP contribution is -2.63.